The minimum absolute atomic E-state index is 0.0757. The third kappa shape index (κ3) is 5.03. The van der Waals surface area contributed by atoms with E-state index in [9.17, 15) is 0 Å². The molecule has 0 atom stereocenters. The molecule has 0 amide bonds. The summed E-state index contributed by atoms with van der Waals surface area (Å²) in [4.78, 5) is 0. The number of ether oxygens (including phenoxy) is 2. The van der Waals surface area contributed by atoms with Crippen molar-refractivity contribution in [1.29, 1.82) is 0 Å². The molecule has 0 fully saturated rings. The molecule has 0 bridgehead atoms. The number of hydrogen-bond acceptors (Lipinski definition) is 3. The van der Waals surface area contributed by atoms with Gasteiger partial charge in [-0.2, -0.15) is 0 Å². The molecule has 0 aliphatic rings. The van der Waals surface area contributed by atoms with E-state index >= 15 is 0 Å². The Kier molecular flexibility index (Phi) is 6.08. The Morgan fingerprint density at radius 2 is 1.55 bits per heavy atom. The molecule has 2 aromatic rings. The van der Waals surface area contributed by atoms with Crippen molar-refractivity contribution >= 4 is 0 Å². The molecule has 0 spiro atoms. The van der Waals surface area contributed by atoms with E-state index in [2.05, 4.69) is 0 Å². The first-order valence-electron chi connectivity index (χ1n) is 6.83. The van der Waals surface area contributed by atoms with Gasteiger partial charge in [0.2, 0.25) is 0 Å². The number of hydrogen-bond donors (Lipinski definition) is 1. The summed E-state index contributed by atoms with van der Waals surface area (Å²) in [5.74, 6) is 0.869. The molecule has 1 N–H and O–H groups in total. The van der Waals surface area contributed by atoms with Crippen LogP contribution in [0, 0.1) is 0 Å². The first-order valence-corrected chi connectivity index (χ1v) is 6.83. The lowest BCUT2D eigenvalue weighted by molar-refractivity contribution is 0.0944. The van der Waals surface area contributed by atoms with Crippen LogP contribution in [0.3, 0.4) is 0 Å². The molecular formula is C17H20O3. The van der Waals surface area contributed by atoms with E-state index in [4.69, 9.17) is 14.6 Å². The van der Waals surface area contributed by atoms with Gasteiger partial charge in [0.1, 0.15) is 12.4 Å². The molecule has 0 heterocycles. The molecule has 0 saturated heterocycles. The number of rotatable bonds is 8. The van der Waals surface area contributed by atoms with Crippen LogP contribution in [0.2, 0.25) is 0 Å². The molecule has 0 aliphatic carbocycles. The SMILES string of the molecule is OCCOCCc1ccc(OCc2ccccc2)cc1. The maximum Gasteiger partial charge on any atom is 0.119 e. The number of benzene rings is 2. The van der Waals surface area contributed by atoms with Crippen molar-refractivity contribution in [3.8, 4) is 5.75 Å². The Labute approximate surface area is 119 Å². The molecule has 3 nitrogen and oxygen atoms in total. The van der Waals surface area contributed by atoms with Crippen molar-refractivity contribution in [3.05, 3.63) is 65.7 Å². The Morgan fingerprint density at radius 1 is 0.800 bits per heavy atom. The van der Waals surface area contributed by atoms with Gasteiger partial charge < -0.3 is 14.6 Å². The summed E-state index contributed by atoms with van der Waals surface area (Å²) in [6, 6.07) is 18.2. The fourth-order valence-corrected chi connectivity index (χ4v) is 1.85. The van der Waals surface area contributed by atoms with E-state index in [1.165, 1.54) is 5.56 Å². The Bertz CT molecular complexity index is 479. The molecule has 20 heavy (non-hydrogen) atoms. The van der Waals surface area contributed by atoms with Gasteiger partial charge in [-0.3, -0.25) is 0 Å². The molecule has 0 radical (unpaired) electrons. The van der Waals surface area contributed by atoms with Crippen LogP contribution in [0.4, 0.5) is 0 Å². The Hall–Kier alpha value is -1.84. The van der Waals surface area contributed by atoms with Crippen LogP contribution in [0.25, 0.3) is 0 Å². The van der Waals surface area contributed by atoms with Crippen LogP contribution in [0.15, 0.2) is 54.6 Å². The zero-order chi connectivity index (χ0) is 14.0. The molecule has 0 aliphatic heterocycles. The van der Waals surface area contributed by atoms with Crippen LogP contribution < -0.4 is 4.74 Å². The van der Waals surface area contributed by atoms with Gasteiger partial charge in [0.15, 0.2) is 0 Å². The van der Waals surface area contributed by atoms with Gasteiger partial charge in [0.25, 0.3) is 0 Å². The van der Waals surface area contributed by atoms with Crippen LogP contribution in [0.5, 0.6) is 5.75 Å². The quantitative estimate of drug-likeness (QED) is 0.751. The van der Waals surface area contributed by atoms with Gasteiger partial charge in [-0.05, 0) is 29.7 Å². The fraction of sp³-hybridized carbons (Fsp3) is 0.294. The second-order valence-electron chi connectivity index (χ2n) is 4.50. The summed E-state index contributed by atoms with van der Waals surface area (Å²) < 4.78 is 11.0. The molecule has 106 valence electrons. The van der Waals surface area contributed by atoms with E-state index in [0.29, 0.717) is 19.8 Å². The third-order valence-electron chi connectivity index (χ3n) is 2.94. The molecule has 0 aromatic heterocycles. The van der Waals surface area contributed by atoms with Crippen molar-refractivity contribution in [3.63, 3.8) is 0 Å². The van der Waals surface area contributed by atoms with Gasteiger partial charge in [-0.25, -0.2) is 0 Å². The average molecular weight is 272 g/mol. The lowest BCUT2D eigenvalue weighted by Crippen LogP contribution is -2.03. The summed E-state index contributed by atoms with van der Waals surface area (Å²) in [7, 11) is 0. The van der Waals surface area contributed by atoms with Gasteiger partial charge in [-0.1, -0.05) is 42.5 Å². The highest BCUT2D eigenvalue weighted by molar-refractivity contribution is 5.27. The maximum atomic E-state index is 8.61. The summed E-state index contributed by atoms with van der Waals surface area (Å²) in [5.41, 5.74) is 2.36. The molecule has 0 unspecified atom stereocenters. The first kappa shape index (κ1) is 14.6. The standard InChI is InChI=1S/C17H20O3/c18-11-13-19-12-10-15-6-8-17(9-7-15)20-14-16-4-2-1-3-5-16/h1-9,18H,10-14H2. The highest BCUT2D eigenvalue weighted by Crippen LogP contribution is 2.14. The molecule has 0 saturated carbocycles. The van der Waals surface area contributed by atoms with E-state index in [1.54, 1.807) is 0 Å². The predicted molar refractivity (Wildman–Crippen MR) is 78.8 cm³/mol. The average Bonchev–Trinajstić information content (AvgIpc) is 2.52. The molecule has 3 heteroatoms. The van der Waals surface area contributed by atoms with Crippen molar-refractivity contribution in [1.82, 2.24) is 0 Å². The minimum Gasteiger partial charge on any atom is -0.489 e. The van der Waals surface area contributed by atoms with E-state index < -0.39 is 0 Å². The summed E-state index contributed by atoms with van der Waals surface area (Å²) >= 11 is 0. The summed E-state index contributed by atoms with van der Waals surface area (Å²) in [6.45, 7) is 1.69. The van der Waals surface area contributed by atoms with Crippen molar-refractivity contribution in [2.75, 3.05) is 19.8 Å². The second kappa shape index (κ2) is 8.35. The van der Waals surface area contributed by atoms with E-state index in [1.807, 2.05) is 54.6 Å². The van der Waals surface area contributed by atoms with Crippen molar-refractivity contribution < 1.29 is 14.6 Å². The second-order valence-corrected chi connectivity index (χ2v) is 4.50. The minimum atomic E-state index is 0.0757. The monoisotopic (exact) mass is 272 g/mol. The van der Waals surface area contributed by atoms with Gasteiger partial charge >= 0.3 is 0 Å². The third-order valence-corrected chi connectivity index (χ3v) is 2.94. The van der Waals surface area contributed by atoms with Crippen LogP contribution >= 0.6 is 0 Å². The zero-order valence-electron chi connectivity index (χ0n) is 11.5. The topological polar surface area (TPSA) is 38.7 Å². The Balaban J connectivity index is 1.76. The lowest BCUT2D eigenvalue weighted by atomic mass is 10.1. The number of aliphatic hydroxyl groups excluding tert-OH is 1. The smallest absolute Gasteiger partial charge is 0.119 e. The normalized spacial score (nSPS) is 10.4. The van der Waals surface area contributed by atoms with Crippen LogP contribution in [-0.2, 0) is 17.8 Å². The Morgan fingerprint density at radius 3 is 2.25 bits per heavy atom. The molecule has 2 aromatic carbocycles. The largest absolute Gasteiger partial charge is 0.489 e. The zero-order valence-corrected chi connectivity index (χ0v) is 11.5. The molecule has 2 rings (SSSR count). The fourth-order valence-electron chi connectivity index (χ4n) is 1.85. The highest BCUT2D eigenvalue weighted by Gasteiger charge is 1.97. The van der Waals surface area contributed by atoms with Crippen molar-refractivity contribution in [2.24, 2.45) is 0 Å². The lowest BCUT2D eigenvalue weighted by Gasteiger charge is -2.07. The first-order chi connectivity index (χ1) is 9.88. The van der Waals surface area contributed by atoms with Crippen LogP contribution in [-0.4, -0.2) is 24.9 Å². The van der Waals surface area contributed by atoms with Gasteiger partial charge in [0.05, 0.1) is 19.8 Å². The number of aliphatic hydroxyl groups is 1. The summed E-state index contributed by atoms with van der Waals surface area (Å²) in [5, 5.41) is 8.61. The van der Waals surface area contributed by atoms with Crippen LogP contribution in [0.1, 0.15) is 11.1 Å². The predicted octanol–water partition coefficient (Wildman–Crippen LogP) is 2.82. The van der Waals surface area contributed by atoms with Crippen molar-refractivity contribution in [2.45, 2.75) is 13.0 Å². The van der Waals surface area contributed by atoms with E-state index in [-0.39, 0.29) is 6.61 Å². The van der Waals surface area contributed by atoms with E-state index in [0.717, 1.165) is 17.7 Å². The summed E-state index contributed by atoms with van der Waals surface area (Å²) in [6.07, 6.45) is 0.846. The van der Waals surface area contributed by atoms with Gasteiger partial charge in [0, 0.05) is 0 Å². The van der Waals surface area contributed by atoms with Gasteiger partial charge in [-0.15, -0.1) is 0 Å². The highest BCUT2D eigenvalue weighted by atomic mass is 16.5. The maximum absolute atomic E-state index is 8.61. The molecular weight excluding hydrogens is 252 g/mol.